The van der Waals surface area contributed by atoms with Crippen molar-refractivity contribution in [2.75, 3.05) is 0 Å². The number of aryl methyl sites for hydroxylation is 1. The van der Waals surface area contributed by atoms with Crippen LogP contribution in [0.3, 0.4) is 0 Å². The molecule has 0 spiro atoms. The maximum Gasteiger partial charge on any atom is 0.433 e. The smallest absolute Gasteiger partial charge is 0.346 e. The second-order valence-corrected chi connectivity index (χ2v) is 9.08. The van der Waals surface area contributed by atoms with Gasteiger partial charge in [-0.25, -0.2) is 9.19 Å². The summed E-state index contributed by atoms with van der Waals surface area (Å²) in [7, 11) is 0. The van der Waals surface area contributed by atoms with Gasteiger partial charge in [0.2, 0.25) is 0 Å². The summed E-state index contributed by atoms with van der Waals surface area (Å²) in [4.78, 5) is 8.26. The van der Waals surface area contributed by atoms with Gasteiger partial charge >= 0.3 is 6.18 Å². The zero-order chi connectivity index (χ0) is 23.3. The summed E-state index contributed by atoms with van der Waals surface area (Å²) in [5.41, 5.74) is 3.02. The van der Waals surface area contributed by atoms with Gasteiger partial charge in [0.1, 0.15) is 5.69 Å². The molecular formula is C24H20F3N3O2S. The van der Waals surface area contributed by atoms with Crippen LogP contribution in [0.15, 0.2) is 59.8 Å². The fourth-order valence-corrected chi connectivity index (χ4v) is 4.60. The van der Waals surface area contributed by atoms with Crippen molar-refractivity contribution in [3.63, 3.8) is 0 Å². The predicted octanol–water partition coefficient (Wildman–Crippen LogP) is 6.21. The van der Waals surface area contributed by atoms with Gasteiger partial charge in [0.25, 0.3) is 0 Å². The maximum atomic E-state index is 13.2. The molecule has 33 heavy (non-hydrogen) atoms. The van der Waals surface area contributed by atoms with E-state index < -0.39 is 23.0 Å². The quantitative estimate of drug-likeness (QED) is 0.351. The van der Waals surface area contributed by atoms with E-state index in [-0.39, 0.29) is 16.3 Å². The van der Waals surface area contributed by atoms with Crippen molar-refractivity contribution in [3.05, 3.63) is 66.1 Å². The topological polar surface area (TPSA) is 68.0 Å². The lowest BCUT2D eigenvalue weighted by Crippen LogP contribution is -2.04. The SMILES string of the molecule is CCn1cc(-c2ncc(-c3ccc(C4CC4)cc3)cc2S(=O)O)cc2nc(C(F)(F)F)cc1-2. The van der Waals surface area contributed by atoms with Crippen molar-refractivity contribution in [2.24, 2.45) is 0 Å². The first-order valence-electron chi connectivity index (χ1n) is 10.5. The van der Waals surface area contributed by atoms with Crippen LogP contribution in [0.5, 0.6) is 0 Å². The molecule has 1 unspecified atom stereocenters. The lowest BCUT2D eigenvalue weighted by Gasteiger charge is -2.14. The van der Waals surface area contributed by atoms with Gasteiger partial charge in [-0.3, -0.25) is 4.98 Å². The van der Waals surface area contributed by atoms with Crippen molar-refractivity contribution >= 4 is 11.1 Å². The Labute approximate surface area is 190 Å². The molecule has 0 radical (unpaired) electrons. The zero-order valence-electron chi connectivity index (χ0n) is 17.6. The van der Waals surface area contributed by atoms with Crippen LogP contribution in [-0.2, 0) is 23.8 Å². The summed E-state index contributed by atoms with van der Waals surface area (Å²) >= 11 is -2.35. The molecule has 1 aromatic heterocycles. The Kier molecular flexibility index (Phi) is 5.33. The fourth-order valence-electron chi connectivity index (χ4n) is 4.03. The number of nitrogens with zero attached hydrogens (tertiary/aromatic N) is 3. The summed E-state index contributed by atoms with van der Waals surface area (Å²) in [5, 5.41) is 0. The van der Waals surface area contributed by atoms with E-state index in [2.05, 4.69) is 22.1 Å². The molecule has 0 amide bonds. The third-order valence-corrected chi connectivity index (χ3v) is 6.60. The number of aromatic nitrogens is 3. The lowest BCUT2D eigenvalue weighted by molar-refractivity contribution is -0.140. The lowest BCUT2D eigenvalue weighted by atomic mass is 10.0. The van der Waals surface area contributed by atoms with Crippen molar-refractivity contribution in [1.82, 2.24) is 14.5 Å². The second-order valence-electron chi connectivity index (χ2n) is 8.14. The Bertz CT molecular complexity index is 1330. The molecule has 1 saturated carbocycles. The Balaban J connectivity index is 1.59. The Morgan fingerprint density at radius 2 is 1.82 bits per heavy atom. The highest BCUT2D eigenvalue weighted by Gasteiger charge is 2.35. The number of pyridine rings is 2. The highest BCUT2D eigenvalue weighted by atomic mass is 32.2. The molecule has 1 aromatic carbocycles. The summed E-state index contributed by atoms with van der Waals surface area (Å²) in [6, 6.07) is 12.2. The minimum atomic E-state index is -4.56. The first-order valence-corrected chi connectivity index (χ1v) is 11.6. The average Bonchev–Trinajstić information content (AvgIpc) is 3.55. The standard InChI is InChI=1S/C24H20F3N3O2S/c1-2-30-13-18(9-19-20(30)11-22(29-19)24(25,26)27)23-21(33(31)32)10-17(12-28-23)16-7-5-15(6-8-16)14-3-4-14/h5-14H,2-4H2,1H3,(H,31,32). The van der Waals surface area contributed by atoms with E-state index in [4.69, 9.17) is 0 Å². The minimum absolute atomic E-state index is 0.0865. The molecule has 9 heteroatoms. The first kappa shape index (κ1) is 21.8. The normalized spacial score (nSPS) is 15.2. The van der Waals surface area contributed by atoms with Gasteiger partial charge in [0.15, 0.2) is 11.1 Å². The molecule has 1 aliphatic carbocycles. The van der Waals surface area contributed by atoms with Gasteiger partial charge < -0.3 is 9.12 Å². The summed E-state index contributed by atoms with van der Waals surface area (Å²) in [6.07, 6.45) is 1.09. The maximum absolute atomic E-state index is 13.2. The molecule has 2 aromatic rings. The molecule has 5 nitrogen and oxygen atoms in total. The number of benzene rings is 1. The molecule has 0 saturated heterocycles. The molecule has 0 bridgehead atoms. The molecule has 1 N–H and O–H groups in total. The van der Waals surface area contributed by atoms with Crippen LogP contribution in [0.4, 0.5) is 13.2 Å². The minimum Gasteiger partial charge on any atom is -0.346 e. The molecule has 170 valence electrons. The van der Waals surface area contributed by atoms with Crippen LogP contribution >= 0.6 is 0 Å². The number of alkyl halides is 3. The molecule has 1 atom stereocenters. The van der Waals surface area contributed by atoms with E-state index in [0.29, 0.717) is 29.3 Å². The van der Waals surface area contributed by atoms with E-state index in [9.17, 15) is 21.9 Å². The number of fused-ring (bicyclic) bond motifs is 1. The Morgan fingerprint density at radius 3 is 2.42 bits per heavy atom. The summed E-state index contributed by atoms with van der Waals surface area (Å²) in [6.45, 7) is 2.20. The van der Waals surface area contributed by atoms with E-state index in [0.717, 1.165) is 11.6 Å². The number of hydrogen-bond acceptors (Lipinski definition) is 3. The number of halogens is 3. The van der Waals surface area contributed by atoms with Crippen LogP contribution in [0.2, 0.25) is 0 Å². The van der Waals surface area contributed by atoms with Crippen LogP contribution in [-0.4, -0.2) is 23.3 Å². The van der Waals surface area contributed by atoms with Gasteiger partial charge in [-0.2, -0.15) is 13.2 Å². The van der Waals surface area contributed by atoms with Gasteiger partial charge in [-0.1, -0.05) is 24.3 Å². The molecule has 2 aliphatic heterocycles. The highest BCUT2D eigenvalue weighted by molar-refractivity contribution is 7.79. The Morgan fingerprint density at radius 1 is 1.09 bits per heavy atom. The van der Waals surface area contributed by atoms with Gasteiger partial charge in [-0.15, -0.1) is 0 Å². The van der Waals surface area contributed by atoms with E-state index in [1.54, 1.807) is 30.0 Å². The van der Waals surface area contributed by atoms with Crippen LogP contribution in [0, 0.1) is 0 Å². The average molecular weight is 472 g/mol. The highest BCUT2D eigenvalue weighted by Crippen LogP contribution is 2.41. The van der Waals surface area contributed by atoms with Crippen LogP contribution < -0.4 is 0 Å². The molecule has 3 aliphatic rings. The van der Waals surface area contributed by atoms with Gasteiger partial charge in [0, 0.05) is 30.1 Å². The van der Waals surface area contributed by atoms with Crippen LogP contribution in [0.25, 0.3) is 33.8 Å². The molecule has 1 fully saturated rings. The third kappa shape index (κ3) is 4.18. The monoisotopic (exact) mass is 471 g/mol. The van der Waals surface area contributed by atoms with Crippen molar-refractivity contribution in [2.45, 2.75) is 43.3 Å². The summed E-state index contributed by atoms with van der Waals surface area (Å²) in [5.74, 6) is 0.628. The largest absolute Gasteiger partial charge is 0.433 e. The Hall–Kier alpha value is -3.04. The zero-order valence-corrected chi connectivity index (χ0v) is 18.5. The van der Waals surface area contributed by atoms with Gasteiger partial charge in [0.05, 0.1) is 22.0 Å². The molecular weight excluding hydrogens is 451 g/mol. The van der Waals surface area contributed by atoms with E-state index in [1.165, 1.54) is 24.5 Å². The van der Waals surface area contributed by atoms with E-state index >= 15 is 0 Å². The molecule has 3 heterocycles. The predicted molar refractivity (Wildman–Crippen MR) is 119 cm³/mol. The number of hydrogen-bond donors (Lipinski definition) is 1. The van der Waals surface area contributed by atoms with E-state index in [1.807, 2.05) is 12.1 Å². The fraction of sp³-hybridized carbons (Fsp3) is 0.250. The van der Waals surface area contributed by atoms with Crippen molar-refractivity contribution in [3.8, 4) is 33.8 Å². The second kappa shape index (κ2) is 8.07. The third-order valence-electron chi connectivity index (χ3n) is 5.91. The van der Waals surface area contributed by atoms with Gasteiger partial charge in [-0.05, 0) is 55.0 Å². The molecule has 5 rings (SSSR count). The summed E-state index contributed by atoms with van der Waals surface area (Å²) < 4.78 is 63.3. The van der Waals surface area contributed by atoms with Crippen molar-refractivity contribution in [1.29, 1.82) is 0 Å². The van der Waals surface area contributed by atoms with Crippen molar-refractivity contribution < 1.29 is 21.9 Å². The number of rotatable bonds is 5. The first-order chi connectivity index (χ1) is 15.7. The van der Waals surface area contributed by atoms with Crippen LogP contribution in [0.1, 0.15) is 36.9 Å².